The summed E-state index contributed by atoms with van der Waals surface area (Å²) in [4.78, 5) is 43.9. The number of amides is 2. The SMILES string of the molecule is C=CC(=O)N1CCc2nn(-c3ccc(C4CCC4)cc3O)c3c2[C@H](C1)N(C(=O)c1c[nH]c(C(F)(F)F)cc1=O)CC3. The number of halogens is 3. The molecule has 1 aliphatic carbocycles. The van der Waals surface area contributed by atoms with Crippen LogP contribution in [0.1, 0.15) is 69.8 Å². The van der Waals surface area contributed by atoms with Crippen LogP contribution in [-0.2, 0) is 23.8 Å². The number of carbonyl (C=O) groups excluding carboxylic acids is 2. The van der Waals surface area contributed by atoms with E-state index in [0.717, 1.165) is 35.9 Å². The van der Waals surface area contributed by atoms with Crippen molar-refractivity contribution in [2.24, 2.45) is 0 Å². The van der Waals surface area contributed by atoms with Gasteiger partial charge in [-0.3, -0.25) is 14.4 Å². The van der Waals surface area contributed by atoms with Gasteiger partial charge in [0, 0.05) is 50.3 Å². The summed E-state index contributed by atoms with van der Waals surface area (Å²) in [6.45, 7) is 4.08. The average Bonchev–Trinajstić information content (AvgIpc) is 3.15. The molecule has 2 N–H and O–H groups in total. The molecule has 0 bridgehead atoms. The number of nitrogens with one attached hydrogen (secondary N) is 1. The standard InChI is InChI=1S/C29H28F3N5O4/c1-2-26(40)35-10-8-19-27-21(37(34-19)20-7-6-17(12-24(20)39)16-4-3-5-16)9-11-36(22(27)15-35)28(41)18-14-33-25(13-23(18)38)29(30,31)32/h2,6-7,12-14,16,22,39H,1,3-5,8-11,15H2,(H,33,38)/t22-/m0/s1. The highest BCUT2D eigenvalue weighted by molar-refractivity contribution is 5.94. The average molecular weight is 568 g/mol. The van der Waals surface area contributed by atoms with Crippen LogP contribution >= 0.6 is 0 Å². The van der Waals surface area contributed by atoms with E-state index in [1.165, 1.54) is 17.4 Å². The molecule has 4 heterocycles. The van der Waals surface area contributed by atoms with Gasteiger partial charge in [-0.25, -0.2) is 4.68 Å². The Hall–Kier alpha value is -4.35. The van der Waals surface area contributed by atoms with Crippen molar-refractivity contribution in [1.29, 1.82) is 0 Å². The zero-order chi connectivity index (χ0) is 29.1. The highest BCUT2D eigenvalue weighted by Gasteiger charge is 2.41. The van der Waals surface area contributed by atoms with Gasteiger partial charge in [0.15, 0.2) is 5.43 Å². The number of phenols is 1. The first-order chi connectivity index (χ1) is 19.6. The van der Waals surface area contributed by atoms with Crippen molar-refractivity contribution in [2.45, 2.75) is 50.2 Å². The number of aromatic nitrogens is 3. The predicted octanol–water partition coefficient (Wildman–Crippen LogP) is 3.86. The number of benzene rings is 1. The molecule has 2 aromatic heterocycles. The van der Waals surface area contributed by atoms with Crippen molar-refractivity contribution in [3.63, 3.8) is 0 Å². The minimum atomic E-state index is -4.77. The van der Waals surface area contributed by atoms with Crippen LogP contribution in [0.5, 0.6) is 5.75 Å². The molecule has 0 unspecified atom stereocenters. The second-order valence-corrected chi connectivity index (χ2v) is 10.7. The number of aromatic amines is 1. The Kier molecular flexibility index (Phi) is 6.50. The van der Waals surface area contributed by atoms with E-state index in [-0.39, 0.29) is 24.7 Å². The van der Waals surface area contributed by atoms with Gasteiger partial charge in [-0.05, 0) is 42.5 Å². The van der Waals surface area contributed by atoms with Gasteiger partial charge >= 0.3 is 6.18 Å². The van der Waals surface area contributed by atoms with Crippen molar-refractivity contribution in [3.05, 3.63) is 87.1 Å². The number of rotatable bonds is 4. The maximum absolute atomic E-state index is 13.7. The maximum atomic E-state index is 13.7. The smallest absolute Gasteiger partial charge is 0.431 e. The van der Waals surface area contributed by atoms with Gasteiger partial charge in [0.05, 0.1) is 17.4 Å². The van der Waals surface area contributed by atoms with Crippen LogP contribution < -0.4 is 5.43 Å². The normalized spacial score (nSPS) is 18.9. The van der Waals surface area contributed by atoms with E-state index in [4.69, 9.17) is 5.10 Å². The number of nitrogens with zero attached hydrogens (tertiary/aromatic N) is 4. The highest BCUT2D eigenvalue weighted by Crippen LogP contribution is 2.41. The Morgan fingerprint density at radius 2 is 1.93 bits per heavy atom. The molecule has 1 aromatic carbocycles. The Morgan fingerprint density at radius 1 is 1.15 bits per heavy atom. The van der Waals surface area contributed by atoms with Crippen LogP contribution in [0.25, 0.3) is 5.69 Å². The maximum Gasteiger partial charge on any atom is 0.431 e. The van der Waals surface area contributed by atoms with E-state index < -0.39 is 34.8 Å². The molecular formula is C29H28F3N5O4. The summed E-state index contributed by atoms with van der Waals surface area (Å²) in [5.41, 5.74) is 0.999. The van der Waals surface area contributed by atoms with Crippen molar-refractivity contribution in [1.82, 2.24) is 24.6 Å². The topological polar surface area (TPSA) is 112 Å². The summed E-state index contributed by atoms with van der Waals surface area (Å²) in [5.74, 6) is -0.541. The Bertz CT molecular complexity index is 1620. The Labute approximate surface area is 232 Å². The fourth-order valence-electron chi connectivity index (χ4n) is 6.04. The third-order valence-corrected chi connectivity index (χ3v) is 8.41. The van der Waals surface area contributed by atoms with E-state index in [1.807, 2.05) is 17.1 Å². The van der Waals surface area contributed by atoms with Gasteiger partial charge in [0.25, 0.3) is 5.91 Å². The molecule has 214 valence electrons. The third-order valence-electron chi connectivity index (χ3n) is 8.41. The number of carbonyl (C=O) groups is 2. The molecule has 1 fully saturated rings. The summed E-state index contributed by atoms with van der Waals surface area (Å²) in [5, 5.41) is 15.8. The van der Waals surface area contributed by atoms with Crippen LogP contribution in [0.15, 0.2) is 47.9 Å². The molecule has 2 aliphatic heterocycles. The minimum Gasteiger partial charge on any atom is -0.506 e. The van der Waals surface area contributed by atoms with Crippen LogP contribution in [-0.4, -0.2) is 61.1 Å². The molecule has 3 aliphatic rings. The van der Waals surface area contributed by atoms with Gasteiger partial charge in [-0.1, -0.05) is 19.1 Å². The van der Waals surface area contributed by atoms with Gasteiger partial charge < -0.3 is 19.9 Å². The van der Waals surface area contributed by atoms with Crippen molar-refractivity contribution in [2.75, 3.05) is 19.6 Å². The zero-order valence-electron chi connectivity index (χ0n) is 22.1. The zero-order valence-corrected chi connectivity index (χ0v) is 22.1. The summed E-state index contributed by atoms with van der Waals surface area (Å²) in [7, 11) is 0. The number of alkyl halides is 3. The fourth-order valence-corrected chi connectivity index (χ4v) is 6.04. The molecular weight excluding hydrogens is 539 g/mol. The Morgan fingerprint density at radius 3 is 2.56 bits per heavy atom. The van der Waals surface area contributed by atoms with Gasteiger partial charge in [0.1, 0.15) is 22.7 Å². The second kappa shape index (κ2) is 9.93. The van der Waals surface area contributed by atoms with E-state index in [9.17, 15) is 32.7 Å². The first-order valence-electron chi connectivity index (χ1n) is 13.5. The minimum absolute atomic E-state index is 0.0907. The summed E-state index contributed by atoms with van der Waals surface area (Å²) in [6, 6.07) is 5.28. The second-order valence-electron chi connectivity index (χ2n) is 10.7. The molecule has 9 nitrogen and oxygen atoms in total. The van der Waals surface area contributed by atoms with Gasteiger partial charge in [-0.2, -0.15) is 18.3 Å². The summed E-state index contributed by atoms with van der Waals surface area (Å²) < 4.78 is 41.0. The number of hydrogen-bond donors (Lipinski definition) is 2. The molecule has 0 radical (unpaired) electrons. The highest BCUT2D eigenvalue weighted by atomic mass is 19.4. The number of aromatic hydroxyl groups is 1. The largest absolute Gasteiger partial charge is 0.506 e. The van der Waals surface area contributed by atoms with E-state index in [0.29, 0.717) is 42.8 Å². The van der Waals surface area contributed by atoms with Crippen molar-refractivity contribution < 1.29 is 27.9 Å². The number of pyridine rings is 1. The molecule has 12 heteroatoms. The van der Waals surface area contributed by atoms with Crippen LogP contribution in [0, 0.1) is 0 Å². The molecule has 1 saturated carbocycles. The van der Waals surface area contributed by atoms with Crippen molar-refractivity contribution >= 4 is 11.8 Å². The molecule has 41 heavy (non-hydrogen) atoms. The fraction of sp³-hybridized carbons (Fsp3) is 0.379. The van der Waals surface area contributed by atoms with Crippen LogP contribution in [0.2, 0.25) is 0 Å². The molecule has 6 rings (SSSR count). The number of phenolic OH excluding ortho intramolecular Hbond substituents is 1. The number of hydrogen-bond acceptors (Lipinski definition) is 5. The number of H-pyrrole nitrogens is 1. The first-order valence-corrected chi connectivity index (χ1v) is 13.5. The third kappa shape index (κ3) is 4.60. The van der Waals surface area contributed by atoms with Crippen molar-refractivity contribution in [3.8, 4) is 11.4 Å². The summed E-state index contributed by atoms with van der Waals surface area (Å²) >= 11 is 0. The first kappa shape index (κ1) is 26.9. The lowest BCUT2D eigenvalue weighted by Gasteiger charge is -2.37. The monoisotopic (exact) mass is 567 g/mol. The summed E-state index contributed by atoms with van der Waals surface area (Å²) in [6.07, 6.45) is 1.26. The molecule has 1 atom stereocenters. The van der Waals surface area contributed by atoms with Crippen LogP contribution in [0.4, 0.5) is 13.2 Å². The van der Waals surface area contributed by atoms with Crippen LogP contribution in [0.3, 0.4) is 0 Å². The lowest BCUT2D eigenvalue weighted by atomic mass is 9.80. The molecule has 0 spiro atoms. The lowest BCUT2D eigenvalue weighted by Crippen LogP contribution is -2.46. The lowest BCUT2D eigenvalue weighted by molar-refractivity contribution is -0.141. The molecule has 0 saturated heterocycles. The van der Waals surface area contributed by atoms with E-state index in [2.05, 4.69) is 6.58 Å². The molecule has 3 aromatic rings. The van der Waals surface area contributed by atoms with Gasteiger partial charge in [-0.15, -0.1) is 0 Å². The Balaban J connectivity index is 1.41. The predicted molar refractivity (Wildman–Crippen MR) is 142 cm³/mol. The molecule has 2 amide bonds. The van der Waals surface area contributed by atoms with E-state index in [1.54, 1.807) is 15.6 Å². The van der Waals surface area contributed by atoms with Gasteiger partial charge in [0.2, 0.25) is 5.91 Å². The quantitative estimate of drug-likeness (QED) is 0.465. The van der Waals surface area contributed by atoms with E-state index >= 15 is 0 Å².